The monoisotopic (exact) mass is 244 g/mol. The van der Waals surface area contributed by atoms with Gasteiger partial charge in [-0.2, -0.15) is 0 Å². The summed E-state index contributed by atoms with van der Waals surface area (Å²) in [6.07, 6.45) is 0.765. The average Bonchev–Trinajstić information content (AvgIpc) is 2.25. The number of ether oxygens (including phenoxy) is 1. The van der Waals surface area contributed by atoms with Crippen LogP contribution in [0.4, 0.5) is 0 Å². The Morgan fingerprint density at radius 2 is 2.00 bits per heavy atom. The van der Waals surface area contributed by atoms with E-state index in [0.717, 1.165) is 28.8 Å². The fraction of sp³-hybridized carbons (Fsp3) is 0.400. The topological polar surface area (TPSA) is 48.1 Å². The van der Waals surface area contributed by atoms with E-state index in [1.807, 2.05) is 32.0 Å². The Morgan fingerprint density at radius 3 is 2.61 bits per heavy atom. The van der Waals surface area contributed by atoms with Crippen molar-refractivity contribution in [1.82, 2.24) is 4.98 Å². The molecular formula is C15H20N2O. The number of hydrogen-bond donors (Lipinski definition) is 1. The highest BCUT2D eigenvalue weighted by Gasteiger charge is 2.14. The summed E-state index contributed by atoms with van der Waals surface area (Å²) in [6.45, 7) is 6.13. The zero-order valence-electron chi connectivity index (χ0n) is 11.4. The van der Waals surface area contributed by atoms with Gasteiger partial charge in [-0.25, -0.2) is 0 Å². The molecule has 0 amide bonds. The van der Waals surface area contributed by atoms with Gasteiger partial charge >= 0.3 is 0 Å². The largest absolute Gasteiger partial charge is 0.497 e. The van der Waals surface area contributed by atoms with E-state index in [-0.39, 0.29) is 5.54 Å². The van der Waals surface area contributed by atoms with Crippen LogP contribution in [-0.2, 0) is 6.42 Å². The molecule has 1 heterocycles. The van der Waals surface area contributed by atoms with Gasteiger partial charge in [0.25, 0.3) is 0 Å². The molecular weight excluding hydrogens is 224 g/mol. The van der Waals surface area contributed by atoms with Crippen molar-refractivity contribution in [3.05, 3.63) is 35.5 Å². The normalized spacial score (nSPS) is 11.8. The average molecular weight is 244 g/mol. The van der Waals surface area contributed by atoms with Crippen molar-refractivity contribution >= 4 is 10.9 Å². The highest BCUT2D eigenvalue weighted by Crippen LogP contribution is 2.23. The first-order chi connectivity index (χ1) is 8.39. The molecule has 0 fully saturated rings. The lowest BCUT2D eigenvalue weighted by atomic mass is 9.98. The van der Waals surface area contributed by atoms with Gasteiger partial charge < -0.3 is 10.5 Å². The summed E-state index contributed by atoms with van der Waals surface area (Å²) in [7, 11) is 1.67. The fourth-order valence-corrected chi connectivity index (χ4v) is 2.14. The van der Waals surface area contributed by atoms with Crippen LogP contribution in [0, 0.1) is 6.92 Å². The second-order valence-electron chi connectivity index (χ2n) is 5.48. The molecule has 3 nitrogen and oxygen atoms in total. The number of benzene rings is 1. The van der Waals surface area contributed by atoms with Gasteiger partial charge in [0.15, 0.2) is 0 Å². The van der Waals surface area contributed by atoms with Gasteiger partial charge in [-0.1, -0.05) is 0 Å². The maximum absolute atomic E-state index is 6.05. The molecule has 0 aliphatic rings. The predicted molar refractivity (Wildman–Crippen MR) is 75.0 cm³/mol. The lowest BCUT2D eigenvalue weighted by molar-refractivity contribution is 0.415. The molecule has 1 aromatic heterocycles. The lowest BCUT2D eigenvalue weighted by Crippen LogP contribution is -2.34. The minimum Gasteiger partial charge on any atom is -0.497 e. The summed E-state index contributed by atoms with van der Waals surface area (Å²) in [5.74, 6) is 0.832. The number of nitrogens with two attached hydrogens (primary N) is 1. The Kier molecular flexibility index (Phi) is 3.26. The van der Waals surface area contributed by atoms with Crippen molar-refractivity contribution < 1.29 is 4.74 Å². The van der Waals surface area contributed by atoms with Crippen LogP contribution < -0.4 is 10.5 Å². The molecule has 0 unspecified atom stereocenters. The second kappa shape index (κ2) is 4.58. The molecule has 3 heteroatoms. The summed E-state index contributed by atoms with van der Waals surface area (Å²) in [5.41, 5.74) is 9.03. The van der Waals surface area contributed by atoms with Crippen LogP contribution in [0.5, 0.6) is 5.75 Å². The first kappa shape index (κ1) is 12.8. The summed E-state index contributed by atoms with van der Waals surface area (Å²) in [4.78, 5) is 4.67. The molecule has 0 saturated heterocycles. The number of hydrogen-bond acceptors (Lipinski definition) is 3. The van der Waals surface area contributed by atoms with Crippen LogP contribution in [0.25, 0.3) is 10.9 Å². The molecule has 0 saturated carbocycles. The third-order valence-corrected chi connectivity index (χ3v) is 2.91. The predicted octanol–water partition coefficient (Wildman–Crippen LogP) is 2.83. The van der Waals surface area contributed by atoms with Gasteiger partial charge in [-0.05, 0) is 44.5 Å². The second-order valence-corrected chi connectivity index (χ2v) is 5.48. The number of aryl methyl sites for hydroxylation is 1. The highest BCUT2D eigenvalue weighted by molar-refractivity contribution is 5.83. The molecule has 0 radical (unpaired) electrons. The Labute approximate surface area is 108 Å². The van der Waals surface area contributed by atoms with E-state index >= 15 is 0 Å². The quantitative estimate of drug-likeness (QED) is 0.903. The Hall–Kier alpha value is -1.61. The molecule has 96 valence electrons. The number of aromatic nitrogens is 1. The van der Waals surface area contributed by atoms with Crippen molar-refractivity contribution in [2.75, 3.05) is 7.11 Å². The van der Waals surface area contributed by atoms with E-state index < -0.39 is 0 Å². The van der Waals surface area contributed by atoms with Crippen molar-refractivity contribution in [3.63, 3.8) is 0 Å². The van der Waals surface area contributed by atoms with Crippen molar-refractivity contribution in [2.24, 2.45) is 5.73 Å². The molecule has 1 aromatic carbocycles. The highest BCUT2D eigenvalue weighted by atomic mass is 16.5. The van der Waals surface area contributed by atoms with E-state index in [1.54, 1.807) is 7.11 Å². The van der Waals surface area contributed by atoms with Crippen LogP contribution in [0.3, 0.4) is 0 Å². The molecule has 0 spiro atoms. The van der Waals surface area contributed by atoms with E-state index in [1.165, 1.54) is 5.56 Å². The standard InChI is InChI=1S/C15H20N2O/c1-10-7-11(9-15(2,3)16)17-14-8-12(18-4)5-6-13(10)14/h5-8H,9,16H2,1-4H3. The molecule has 0 atom stereocenters. The molecule has 0 bridgehead atoms. The Balaban J connectivity index is 2.52. The van der Waals surface area contributed by atoms with Gasteiger partial charge in [0.1, 0.15) is 5.75 Å². The van der Waals surface area contributed by atoms with E-state index in [9.17, 15) is 0 Å². The van der Waals surface area contributed by atoms with Gasteiger partial charge in [0, 0.05) is 29.1 Å². The maximum Gasteiger partial charge on any atom is 0.121 e. The SMILES string of the molecule is COc1ccc2c(C)cc(CC(C)(C)N)nc2c1. The molecule has 2 rings (SSSR count). The molecule has 0 aliphatic carbocycles. The van der Waals surface area contributed by atoms with Gasteiger partial charge in [-0.3, -0.25) is 4.98 Å². The number of fused-ring (bicyclic) bond motifs is 1. The minimum absolute atomic E-state index is 0.244. The zero-order chi connectivity index (χ0) is 13.3. The zero-order valence-corrected chi connectivity index (χ0v) is 11.4. The number of rotatable bonds is 3. The number of methoxy groups -OCH3 is 1. The summed E-state index contributed by atoms with van der Waals surface area (Å²) >= 11 is 0. The Morgan fingerprint density at radius 1 is 1.28 bits per heavy atom. The van der Waals surface area contributed by atoms with Crippen LogP contribution in [0.1, 0.15) is 25.1 Å². The summed E-state index contributed by atoms with van der Waals surface area (Å²) < 4.78 is 5.24. The van der Waals surface area contributed by atoms with Crippen molar-refractivity contribution in [3.8, 4) is 5.75 Å². The first-order valence-electron chi connectivity index (χ1n) is 6.12. The summed E-state index contributed by atoms with van der Waals surface area (Å²) in [6, 6.07) is 8.09. The van der Waals surface area contributed by atoms with E-state index in [4.69, 9.17) is 10.5 Å². The maximum atomic E-state index is 6.05. The third-order valence-electron chi connectivity index (χ3n) is 2.91. The first-order valence-corrected chi connectivity index (χ1v) is 6.12. The molecule has 2 N–H and O–H groups in total. The van der Waals surface area contributed by atoms with Crippen LogP contribution in [0.15, 0.2) is 24.3 Å². The summed E-state index contributed by atoms with van der Waals surface area (Å²) in [5, 5.41) is 1.16. The fourth-order valence-electron chi connectivity index (χ4n) is 2.14. The molecule has 18 heavy (non-hydrogen) atoms. The van der Waals surface area contributed by atoms with Gasteiger partial charge in [-0.15, -0.1) is 0 Å². The van der Waals surface area contributed by atoms with Crippen LogP contribution in [-0.4, -0.2) is 17.6 Å². The van der Waals surface area contributed by atoms with Crippen LogP contribution in [0.2, 0.25) is 0 Å². The van der Waals surface area contributed by atoms with Crippen molar-refractivity contribution in [1.29, 1.82) is 0 Å². The lowest BCUT2D eigenvalue weighted by Gasteiger charge is -2.18. The van der Waals surface area contributed by atoms with E-state index in [0.29, 0.717) is 0 Å². The Bertz CT molecular complexity index is 570. The van der Waals surface area contributed by atoms with Gasteiger partial charge in [0.2, 0.25) is 0 Å². The minimum atomic E-state index is -0.244. The number of pyridine rings is 1. The van der Waals surface area contributed by atoms with Gasteiger partial charge in [0.05, 0.1) is 12.6 Å². The van der Waals surface area contributed by atoms with Crippen molar-refractivity contribution in [2.45, 2.75) is 32.7 Å². The van der Waals surface area contributed by atoms with E-state index in [2.05, 4.69) is 18.0 Å². The smallest absolute Gasteiger partial charge is 0.121 e. The molecule has 2 aromatic rings. The molecule has 0 aliphatic heterocycles. The van der Waals surface area contributed by atoms with Crippen LogP contribution >= 0.6 is 0 Å². The third kappa shape index (κ3) is 2.79. The number of nitrogens with zero attached hydrogens (tertiary/aromatic N) is 1.